The highest BCUT2D eigenvalue weighted by Crippen LogP contribution is 2.18. The lowest BCUT2D eigenvalue weighted by atomic mass is 10.0. The number of ether oxygens (including phenoxy) is 1. The predicted molar refractivity (Wildman–Crippen MR) is 61.8 cm³/mol. The molecular formula is C13H15FN2O. The Hall–Kier alpha value is -1.44. The van der Waals surface area contributed by atoms with Gasteiger partial charge in [-0.1, -0.05) is 0 Å². The standard InChI is InChI=1S/C13H15FN2O/c1-13(2-3-17-9-13)16-8-11-4-10(7-15)5-12(14)6-11/h4-6,16H,2-3,8-9H2,1H3. The van der Waals surface area contributed by atoms with E-state index in [0.29, 0.717) is 18.7 Å². The van der Waals surface area contributed by atoms with Crippen LogP contribution in [0.2, 0.25) is 0 Å². The summed E-state index contributed by atoms with van der Waals surface area (Å²) in [5.41, 5.74) is 1.10. The van der Waals surface area contributed by atoms with Crippen molar-refractivity contribution in [1.82, 2.24) is 5.32 Å². The molecule has 0 bridgehead atoms. The molecule has 1 N–H and O–H groups in total. The quantitative estimate of drug-likeness (QED) is 0.869. The summed E-state index contributed by atoms with van der Waals surface area (Å²) in [5, 5.41) is 12.1. The molecule has 1 saturated heterocycles. The molecule has 1 heterocycles. The van der Waals surface area contributed by atoms with Crippen LogP contribution >= 0.6 is 0 Å². The fraction of sp³-hybridized carbons (Fsp3) is 0.462. The smallest absolute Gasteiger partial charge is 0.124 e. The van der Waals surface area contributed by atoms with E-state index >= 15 is 0 Å². The largest absolute Gasteiger partial charge is 0.379 e. The lowest BCUT2D eigenvalue weighted by Gasteiger charge is -2.23. The van der Waals surface area contributed by atoms with E-state index in [1.807, 2.05) is 6.07 Å². The topological polar surface area (TPSA) is 45.0 Å². The van der Waals surface area contributed by atoms with Crippen molar-refractivity contribution >= 4 is 0 Å². The lowest BCUT2D eigenvalue weighted by Crippen LogP contribution is -2.42. The van der Waals surface area contributed by atoms with E-state index in [2.05, 4.69) is 12.2 Å². The molecule has 1 atom stereocenters. The predicted octanol–water partition coefficient (Wildman–Crippen LogP) is 1.97. The Labute approximate surface area is 100 Å². The van der Waals surface area contributed by atoms with Gasteiger partial charge in [0.2, 0.25) is 0 Å². The molecule has 1 aromatic carbocycles. The van der Waals surface area contributed by atoms with E-state index in [0.717, 1.165) is 18.6 Å². The van der Waals surface area contributed by atoms with Crippen molar-refractivity contribution < 1.29 is 9.13 Å². The lowest BCUT2D eigenvalue weighted by molar-refractivity contribution is 0.171. The van der Waals surface area contributed by atoms with Crippen LogP contribution in [0.3, 0.4) is 0 Å². The van der Waals surface area contributed by atoms with E-state index in [9.17, 15) is 4.39 Å². The maximum atomic E-state index is 13.2. The van der Waals surface area contributed by atoms with E-state index in [-0.39, 0.29) is 11.4 Å². The summed E-state index contributed by atoms with van der Waals surface area (Å²) < 4.78 is 18.5. The molecule has 1 aromatic rings. The molecule has 1 aliphatic rings. The Bertz CT molecular complexity index is 447. The van der Waals surface area contributed by atoms with Crippen LogP contribution in [-0.4, -0.2) is 18.8 Å². The van der Waals surface area contributed by atoms with Gasteiger partial charge in [-0.05, 0) is 37.1 Å². The average Bonchev–Trinajstić information content (AvgIpc) is 2.73. The number of hydrogen-bond donors (Lipinski definition) is 1. The van der Waals surface area contributed by atoms with Crippen LogP contribution in [0.15, 0.2) is 18.2 Å². The summed E-state index contributed by atoms with van der Waals surface area (Å²) in [6.07, 6.45) is 0.952. The van der Waals surface area contributed by atoms with Crippen molar-refractivity contribution in [1.29, 1.82) is 5.26 Å². The van der Waals surface area contributed by atoms with Crippen molar-refractivity contribution in [3.05, 3.63) is 35.1 Å². The minimum atomic E-state index is -0.367. The van der Waals surface area contributed by atoms with Gasteiger partial charge in [0, 0.05) is 18.7 Å². The molecule has 1 unspecified atom stereocenters. The second kappa shape index (κ2) is 4.82. The minimum absolute atomic E-state index is 0.0425. The third-order valence-electron chi connectivity index (χ3n) is 3.02. The SMILES string of the molecule is CC1(NCc2cc(F)cc(C#N)c2)CCOC1. The highest BCUT2D eigenvalue weighted by atomic mass is 19.1. The Kier molecular flexibility index (Phi) is 3.41. The third kappa shape index (κ3) is 3.02. The molecule has 1 fully saturated rings. The zero-order valence-electron chi connectivity index (χ0n) is 9.79. The van der Waals surface area contributed by atoms with Crippen LogP contribution in [0.25, 0.3) is 0 Å². The first-order chi connectivity index (χ1) is 8.11. The molecule has 17 heavy (non-hydrogen) atoms. The Morgan fingerprint density at radius 1 is 1.53 bits per heavy atom. The molecular weight excluding hydrogens is 219 g/mol. The summed E-state index contributed by atoms with van der Waals surface area (Å²) in [5.74, 6) is -0.367. The number of halogens is 1. The van der Waals surface area contributed by atoms with Crippen LogP contribution < -0.4 is 5.32 Å². The molecule has 2 rings (SSSR count). The number of nitriles is 1. The van der Waals surface area contributed by atoms with Gasteiger partial charge in [0.05, 0.1) is 18.2 Å². The van der Waals surface area contributed by atoms with Crippen molar-refractivity contribution in [3.63, 3.8) is 0 Å². The molecule has 0 radical (unpaired) electrons. The molecule has 0 aromatic heterocycles. The molecule has 0 spiro atoms. The summed E-state index contributed by atoms with van der Waals surface area (Å²) in [6, 6.07) is 6.35. The van der Waals surface area contributed by atoms with Gasteiger partial charge >= 0.3 is 0 Å². The van der Waals surface area contributed by atoms with Gasteiger partial charge in [-0.3, -0.25) is 0 Å². The average molecular weight is 234 g/mol. The number of benzene rings is 1. The number of hydrogen-bond acceptors (Lipinski definition) is 3. The molecule has 1 aliphatic heterocycles. The molecule has 4 heteroatoms. The molecule has 0 amide bonds. The van der Waals surface area contributed by atoms with Crippen LogP contribution in [0.4, 0.5) is 4.39 Å². The van der Waals surface area contributed by atoms with Gasteiger partial charge < -0.3 is 10.1 Å². The summed E-state index contributed by atoms with van der Waals surface area (Å²) in [4.78, 5) is 0. The Morgan fingerprint density at radius 2 is 2.35 bits per heavy atom. The summed E-state index contributed by atoms with van der Waals surface area (Å²) in [7, 11) is 0. The van der Waals surface area contributed by atoms with Gasteiger partial charge in [-0.15, -0.1) is 0 Å². The van der Waals surface area contributed by atoms with E-state index < -0.39 is 0 Å². The fourth-order valence-electron chi connectivity index (χ4n) is 1.94. The van der Waals surface area contributed by atoms with Gasteiger partial charge in [-0.25, -0.2) is 4.39 Å². The van der Waals surface area contributed by atoms with Crippen LogP contribution in [0.5, 0.6) is 0 Å². The van der Waals surface area contributed by atoms with E-state index in [4.69, 9.17) is 10.00 Å². The van der Waals surface area contributed by atoms with Crippen molar-refractivity contribution in [2.45, 2.75) is 25.4 Å². The molecule has 3 nitrogen and oxygen atoms in total. The first-order valence-corrected chi connectivity index (χ1v) is 5.64. The zero-order chi connectivity index (χ0) is 12.3. The Balaban J connectivity index is 2.04. The van der Waals surface area contributed by atoms with Crippen molar-refractivity contribution in [3.8, 4) is 6.07 Å². The van der Waals surface area contributed by atoms with Crippen LogP contribution in [-0.2, 0) is 11.3 Å². The van der Waals surface area contributed by atoms with Gasteiger partial charge in [0.25, 0.3) is 0 Å². The maximum absolute atomic E-state index is 13.2. The zero-order valence-corrected chi connectivity index (χ0v) is 9.79. The first kappa shape index (κ1) is 12.0. The van der Waals surface area contributed by atoms with Gasteiger partial charge in [-0.2, -0.15) is 5.26 Å². The third-order valence-corrected chi connectivity index (χ3v) is 3.02. The highest BCUT2D eigenvalue weighted by Gasteiger charge is 2.28. The summed E-state index contributed by atoms with van der Waals surface area (Å²) >= 11 is 0. The molecule has 90 valence electrons. The van der Waals surface area contributed by atoms with E-state index in [1.165, 1.54) is 12.1 Å². The normalized spacial score (nSPS) is 23.6. The second-order valence-corrected chi connectivity index (χ2v) is 4.68. The Morgan fingerprint density at radius 3 is 3.00 bits per heavy atom. The van der Waals surface area contributed by atoms with Crippen LogP contribution in [0.1, 0.15) is 24.5 Å². The number of nitrogens with zero attached hydrogens (tertiary/aromatic N) is 1. The highest BCUT2D eigenvalue weighted by molar-refractivity contribution is 5.33. The summed E-state index contributed by atoms with van der Waals surface area (Å²) in [6.45, 7) is 4.07. The van der Waals surface area contributed by atoms with Crippen molar-refractivity contribution in [2.75, 3.05) is 13.2 Å². The van der Waals surface area contributed by atoms with Crippen molar-refractivity contribution in [2.24, 2.45) is 0 Å². The second-order valence-electron chi connectivity index (χ2n) is 4.68. The molecule has 0 saturated carbocycles. The van der Waals surface area contributed by atoms with E-state index in [1.54, 1.807) is 6.07 Å². The minimum Gasteiger partial charge on any atom is -0.379 e. The fourth-order valence-corrected chi connectivity index (χ4v) is 1.94. The van der Waals surface area contributed by atoms with Crippen LogP contribution in [0, 0.1) is 17.1 Å². The maximum Gasteiger partial charge on any atom is 0.124 e. The van der Waals surface area contributed by atoms with Gasteiger partial charge in [0.15, 0.2) is 0 Å². The monoisotopic (exact) mass is 234 g/mol. The molecule has 0 aliphatic carbocycles. The number of nitrogens with one attached hydrogen (secondary N) is 1. The van der Waals surface area contributed by atoms with Gasteiger partial charge in [0.1, 0.15) is 5.82 Å². The number of rotatable bonds is 3. The first-order valence-electron chi connectivity index (χ1n) is 5.64.